The summed E-state index contributed by atoms with van der Waals surface area (Å²) in [7, 11) is 0. The number of hydrogen-bond acceptors (Lipinski definition) is 4. The Morgan fingerprint density at radius 2 is 0.794 bits per heavy atom. The molecule has 0 aliphatic heterocycles. The number of para-hydroxylation sites is 3. The van der Waals surface area contributed by atoms with Gasteiger partial charge < -0.3 is 8.98 Å². The van der Waals surface area contributed by atoms with Gasteiger partial charge in [-0.05, 0) is 81.4 Å². The zero-order chi connectivity index (χ0) is 45.0. The van der Waals surface area contributed by atoms with Gasteiger partial charge >= 0.3 is 0 Å². The normalized spacial score (nSPS) is 11.5. The summed E-state index contributed by atoms with van der Waals surface area (Å²) in [6.07, 6.45) is 0. The molecule has 0 aliphatic carbocycles. The van der Waals surface area contributed by atoms with E-state index in [1.165, 1.54) is 16.5 Å². The predicted molar refractivity (Wildman–Crippen MR) is 279 cm³/mol. The molecule has 0 fully saturated rings. The van der Waals surface area contributed by atoms with Crippen LogP contribution < -0.4 is 0 Å². The van der Waals surface area contributed by atoms with Crippen molar-refractivity contribution < 1.29 is 4.42 Å². The summed E-state index contributed by atoms with van der Waals surface area (Å²) in [6.45, 7) is 0. The summed E-state index contributed by atoms with van der Waals surface area (Å²) in [5, 5.41) is 4.41. The van der Waals surface area contributed by atoms with Gasteiger partial charge in [0.25, 0.3) is 0 Å². The standard InChI is InChI=1S/C63H40N4O/c1-6-19-41(20-7-1)48-35-33-45(37-53(48)42-21-8-2-9-22-42)46-34-36-49(56(38-46)63-65-61(43-23-10-3-11-24-43)64-62(66-63)44-25-12-4-13-26-44)51-30-18-31-52-55-39-58-54(40-59(55)68-60(51)52)50-29-16-17-32-57(50)67(58)47-27-14-5-15-28-47/h1-40H. The largest absolute Gasteiger partial charge is 0.455 e. The number of nitrogens with zero attached hydrogens (tertiary/aromatic N) is 4. The van der Waals surface area contributed by atoms with Gasteiger partial charge in [0.2, 0.25) is 0 Å². The number of aromatic nitrogens is 4. The maximum atomic E-state index is 7.06. The maximum Gasteiger partial charge on any atom is 0.164 e. The summed E-state index contributed by atoms with van der Waals surface area (Å²) in [5.74, 6) is 1.77. The van der Waals surface area contributed by atoms with Gasteiger partial charge in [-0.3, -0.25) is 0 Å². The second-order valence-electron chi connectivity index (χ2n) is 17.1. The van der Waals surface area contributed by atoms with Crippen LogP contribution in [-0.4, -0.2) is 19.5 Å². The Balaban J connectivity index is 1.06. The number of fused-ring (bicyclic) bond motifs is 6. The first-order valence-corrected chi connectivity index (χ1v) is 22.9. The molecule has 0 unspecified atom stereocenters. The van der Waals surface area contributed by atoms with Crippen LogP contribution in [0.3, 0.4) is 0 Å². The van der Waals surface area contributed by atoms with Crippen LogP contribution in [0.1, 0.15) is 0 Å². The third-order valence-electron chi connectivity index (χ3n) is 13.1. The molecular weight excluding hydrogens is 829 g/mol. The molecule has 5 heteroatoms. The fraction of sp³-hybridized carbons (Fsp3) is 0. The molecule has 5 nitrogen and oxygen atoms in total. The Kier molecular flexibility index (Phi) is 9.43. The summed E-state index contributed by atoms with van der Waals surface area (Å²) in [4.78, 5) is 15.7. The third-order valence-corrected chi connectivity index (χ3v) is 13.1. The smallest absolute Gasteiger partial charge is 0.164 e. The predicted octanol–water partition coefficient (Wildman–Crippen LogP) is 16.5. The molecule has 318 valence electrons. The second-order valence-corrected chi connectivity index (χ2v) is 17.1. The Morgan fingerprint density at radius 1 is 0.279 bits per heavy atom. The van der Waals surface area contributed by atoms with Crippen molar-refractivity contribution >= 4 is 43.7 Å². The van der Waals surface area contributed by atoms with Crippen LogP contribution in [0.2, 0.25) is 0 Å². The lowest BCUT2D eigenvalue weighted by molar-refractivity contribution is 0.670. The van der Waals surface area contributed by atoms with Gasteiger partial charge in [-0.15, -0.1) is 0 Å². The quantitative estimate of drug-likeness (QED) is 0.153. The molecule has 3 heterocycles. The van der Waals surface area contributed by atoms with E-state index in [9.17, 15) is 0 Å². The molecule has 0 bridgehead atoms. The Labute approximate surface area is 392 Å². The van der Waals surface area contributed by atoms with E-state index in [0.717, 1.165) is 94.1 Å². The average Bonchev–Trinajstić information content (AvgIpc) is 3.96. The van der Waals surface area contributed by atoms with Crippen LogP contribution in [-0.2, 0) is 0 Å². The lowest BCUT2D eigenvalue weighted by Gasteiger charge is -2.16. The minimum absolute atomic E-state index is 0.570. The zero-order valence-corrected chi connectivity index (χ0v) is 36.8. The third kappa shape index (κ3) is 6.76. The molecule has 0 N–H and O–H groups in total. The molecule has 13 aromatic rings. The summed E-state index contributed by atoms with van der Waals surface area (Å²) < 4.78 is 9.42. The van der Waals surface area contributed by atoms with Crippen molar-refractivity contribution in [1.29, 1.82) is 0 Å². The maximum absolute atomic E-state index is 7.06. The van der Waals surface area contributed by atoms with E-state index in [2.05, 4.69) is 211 Å². The van der Waals surface area contributed by atoms with Gasteiger partial charge in [0.1, 0.15) is 11.2 Å². The monoisotopic (exact) mass is 868 g/mol. The molecule has 0 atom stereocenters. The number of hydrogen-bond donors (Lipinski definition) is 0. The van der Waals surface area contributed by atoms with Crippen LogP contribution in [0.4, 0.5) is 0 Å². The van der Waals surface area contributed by atoms with Crippen LogP contribution in [0.15, 0.2) is 247 Å². The molecule has 3 aromatic heterocycles. The first-order chi connectivity index (χ1) is 33.7. The average molecular weight is 869 g/mol. The zero-order valence-electron chi connectivity index (χ0n) is 36.8. The van der Waals surface area contributed by atoms with Gasteiger partial charge in [-0.1, -0.05) is 200 Å². The molecule has 0 radical (unpaired) electrons. The van der Waals surface area contributed by atoms with Crippen molar-refractivity contribution in [3.63, 3.8) is 0 Å². The van der Waals surface area contributed by atoms with E-state index in [1.807, 2.05) is 36.4 Å². The van der Waals surface area contributed by atoms with Gasteiger partial charge in [-0.2, -0.15) is 0 Å². The number of benzene rings is 10. The van der Waals surface area contributed by atoms with Crippen molar-refractivity contribution in [3.8, 4) is 84.4 Å². The van der Waals surface area contributed by atoms with Gasteiger partial charge in [0.15, 0.2) is 17.5 Å². The molecule has 10 aromatic carbocycles. The summed E-state index contributed by atoms with van der Waals surface area (Å²) >= 11 is 0. The van der Waals surface area contributed by atoms with Crippen LogP contribution in [0, 0.1) is 0 Å². The second kappa shape index (κ2) is 16.4. The van der Waals surface area contributed by atoms with Gasteiger partial charge in [-0.25, -0.2) is 15.0 Å². The van der Waals surface area contributed by atoms with E-state index >= 15 is 0 Å². The van der Waals surface area contributed by atoms with E-state index in [1.54, 1.807) is 0 Å². The Bertz CT molecular complexity index is 3940. The molecule has 0 aliphatic rings. The summed E-state index contributed by atoms with van der Waals surface area (Å²) in [5.41, 5.74) is 16.4. The molecular formula is C63H40N4O. The SMILES string of the molecule is c1ccc(-c2nc(-c3ccccc3)nc(-c3cc(-c4ccc(-c5ccccc5)c(-c5ccccc5)c4)ccc3-c3cccc4c3oc3cc5c6ccccc6n(-c6ccccc6)c5cc34)n2)cc1. The van der Waals surface area contributed by atoms with Gasteiger partial charge in [0, 0.05) is 49.5 Å². The van der Waals surface area contributed by atoms with Crippen molar-refractivity contribution in [2.75, 3.05) is 0 Å². The first-order valence-electron chi connectivity index (χ1n) is 22.9. The van der Waals surface area contributed by atoms with E-state index in [0.29, 0.717) is 17.5 Å². The lowest BCUT2D eigenvalue weighted by Crippen LogP contribution is -2.01. The highest BCUT2D eigenvalue weighted by atomic mass is 16.3. The van der Waals surface area contributed by atoms with Gasteiger partial charge in [0.05, 0.1) is 11.0 Å². The first kappa shape index (κ1) is 39.2. The molecule has 0 spiro atoms. The molecule has 0 saturated carbocycles. The molecule has 0 saturated heterocycles. The van der Waals surface area contributed by atoms with Crippen molar-refractivity contribution in [1.82, 2.24) is 19.5 Å². The number of rotatable bonds is 8. The fourth-order valence-electron chi connectivity index (χ4n) is 9.85. The van der Waals surface area contributed by atoms with E-state index in [4.69, 9.17) is 19.4 Å². The molecule has 13 rings (SSSR count). The highest BCUT2D eigenvalue weighted by Gasteiger charge is 2.22. The molecule has 0 amide bonds. The fourth-order valence-corrected chi connectivity index (χ4v) is 9.85. The Morgan fingerprint density at radius 3 is 1.44 bits per heavy atom. The highest BCUT2D eigenvalue weighted by molar-refractivity contribution is 6.18. The van der Waals surface area contributed by atoms with Crippen LogP contribution in [0.5, 0.6) is 0 Å². The minimum atomic E-state index is 0.570. The number of furan rings is 1. The Hall–Kier alpha value is -9.19. The summed E-state index contributed by atoms with van der Waals surface area (Å²) in [6, 6.07) is 85.2. The van der Waals surface area contributed by atoms with E-state index < -0.39 is 0 Å². The van der Waals surface area contributed by atoms with Crippen molar-refractivity contribution in [3.05, 3.63) is 243 Å². The van der Waals surface area contributed by atoms with Crippen molar-refractivity contribution in [2.24, 2.45) is 0 Å². The molecule has 68 heavy (non-hydrogen) atoms. The lowest BCUT2D eigenvalue weighted by atomic mass is 9.89. The highest BCUT2D eigenvalue weighted by Crippen LogP contribution is 2.44. The topological polar surface area (TPSA) is 56.7 Å². The minimum Gasteiger partial charge on any atom is -0.455 e. The van der Waals surface area contributed by atoms with E-state index in [-0.39, 0.29) is 0 Å². The van der Waals surface area contributed by atoms with Crippen LogP contribution >= 0.6 is 0 Å². The van der Waals surface area contributed by atoms with Crippen LogP contribution in [0.25, 0.3) is 128 Å². The van der Waals surface area contributed by atoms with Crippen molar-refractivity contribution in [2.45, 2.75) is 0 Å².